The van der Waals surface area contributed by atoms with Gasteiger partial charge in [0.25, 0.3) is 0 Å². The maximum absolute atomic E-state index is 12.3. The molecule has 1 aromatic rings. The van der Waals surface area contributed by atoms with Crippen LogP contribution in [-0.2, 0) is 22.7 Å². The van der Waals surface area contributed by atoms with Crippen LogP contribution in [-0.4, -0.2) is 39.1 Å². The summed E-state index contributed by atoms with van der Waals surface area (Å²) >= 11 is 3.49. The predicted molar refractivity (Wildman–Crippen MR) is 78.0 cm³/mol. The number of carbonyl (C=O) groups excluding carboxylic acids is 2. The minimum atomic E-state index is -0.273. The van der Waals surface area contributed by atoms with E-state index in [1.54, 1.807) is 0 Å². The molecular formula is C13H19BrN4O2. The highest BCUT2D eigenvalue weighted by molar-refractivity contribution is 9.10. The number of carbonyl (C=O) groups is 2. The van der Waals surface area contributed by atoms with Gasteiger partial charge < -0.3 is 0 Å². The lowest BCUT2D eigenvalue weighted by molar-refractivity contribution is -0.150. The Morgan fingerprint density at radius 3 is 2.70 bits per heavy atom. The van der Waals surface area contributed by atoms with Crippen molar-refractivity contribution in [3.63, 3.8) is 0 Å². The fraction of sp³-hybridized carbons (Fsp3) is 0.615. The summed E-state index contributed by atoms with van der Waals surface area (Å²) in [6.45, 7) is 6.99. The molecule has 0 spiro atoms. The summed E-state index contributed by atoms with van der Waals surface area (Å²) in [5.74, 6) is -0.342. The van der Waals surface area contributed by atoms with Gasteiger partial charge in [-0.15, -0.1) is 0 Å². The number of nitrogens with one attached hydrogen (secondary N) is 1. The Labute approximate surface area is 126 Å². The average Bonchev–Trinajstić information content (AvgIpc) is 2.70. The Morgan fingerprint density at radius 2 is 2.10 bits per heavy atom. The van der Waals surface area contributed by atoms with E-state index in [0.717, 1.165) is 15.9 Å². The molecule has 20 heavy (non-hydrogen) atoms. The molecule has 0 bridgehead atoms. The maximum Gasteiger partial charge on any atom is 0.246 e. The summed E-state index contributed by atoms with van der Waals surface area (Å²) < 4.78 is 2.69. The van der Waals surface area contributed by atoms with Crippen molar-refractivity contribution in [3.05, 3.63) is 15.9 Å². The van der Waals surface area contributed by atoms with E-state index >= 15 is 0 Å². The molecule has 1 aliphatic rings. The van der Waals surface area contributed by atoms with Crippen LogP contribution in [0.3, 0.4) is 0 Å². The topological polar surface area (TPSA) is 67.2 Å². The molecule has 0 saturated carbocycles. The minimum Gasteiger partial charge on any atom is -0.297 e. The van der Waals surface area contributed by atoms with Crippen LogP contribution in [0.2, 0.25) is 0 Å². The predicted octanol–water partition coefficient (Wildman–Crippen LogP) is 1.21. The number of rotatable bonds is 4. The van der Waals surface area contributed by atoms with E-state index in [2.05, 4.69) is 26.3 Å². The molecule has 1 atom stereocenters. The number of imide groups is 1. The SMILES string of the molecule is CCC1NCC(=O)N(Cc2c(Br)c(C)nn2CC)C1=O. The minimum absolute atomic E-state index is 0.155. The number of aromatic nitrogens is 2. The van der Waals surface area contributed by atoms with Gasteiger partial charge in [-0.2, -0.15) is 5.10 Å². The van der Waals surface area contributed by atoms with E-state index in [1.165, 1.54) is 4.90 Å². The van der Waals surface area contributed by atoms with Gasteiger partial charge >= 0.3 is 0 Å². The molecule has 110 valence electrons. The lowest BCUT2D eigenvalue weighted by atomic mass is 10.1. The van der Waals surface area contributed by atoms with Gasteiger partial charge in [0, 0.05) is 6.54 Å². The lowest BCUT2D eigenvalue weighted by Crippen LogP contribution is -2.57. The number of hydrogen-bond acceptors (Lipinski definition) is 4. The van der Waals surface area contributed by atoms with Gasteiger partial charge in [0.1, 0.15) is 0 Å². The number of hydrogen-bond donors (Lipinski definition) is 1. The zero-order valence-electron chi connectivity index (χ0n) is 11.9. The Bertz CT molecular complexity index is 541. The van der Waals surface area contributed by atoms with Crippen molar-refractivity contribution in [3.8, 4) is 0 Å². The molecule has 1 saturated heterocycles. The second-order valence-corrected chi connectivity index (χ2v) is 5.61. The Balaban J connectivity index is 2.28. The third-order valence-corrected chi connectivity index (χ3v) is 4.57. The molecule has 2 amide bonds. The van der Waals surface area contributed by atoms with Crippen molar-refractivity contribution in [2.75, 3.05) is 6.54 Å². The molecule has 2 rings (SSSR count). The molecule has 1 unspecified atom stereocenters. The Morgan fingerprint density at radius 1 is 1.40 bits per heavy atom. The lowest BCUT2D eigenvalue weighted by Gasteiger charge is -2.31. The first-order valence-corrected chi connectivity index (χ1v) is 7.58. The second kappa shape index (κ2) is 6.05. The van der Waals surface area contributed by atoms with Crippen LogP contribution in [0.25, 0.3) is 0 Å². The van der Waals surface area contributed by atoms with Crippen molar-refractivity contribution >= 4 is 27.7 Å². The normalized spacial score (nSPS) is 19.8. The molecule has 0 aliphatic carbocycles. The summed E-state index contributed by atoms with van der Waals surface area (Å²) in [5.41, 5.74) is 1.73. The highest BCUT2D eigenvalue weighted by Gasteiger charge is 2.34. The van der Waals surface area contributed by atoms with E-state index in [1.807, 2.05) is 25.5 Å². The number of nitrogens with zero attached hydrogens (tertiary/aromatic N) is 3. The Hall–Kier alpha value is -1.21. The molecule has 1 aromatic heterocycles. The molecule has 0 aromatic carbocycles. The number of amides is 2. The molecule has 7 heteroatoms. The summed E-state index contributed by atoms with van der Waals surface area (Å²) in [5, 5.41) is 7.35. The van der Waals surface area contributed by atoms with Gasteiger partial charge in [-0.3, -0.25) is 24.5 Å². The van der Waals surface area contributed by atoms with Crippen LogP contribution < -0.4 is 5.32 Å². The summed E-state index contributed by atoms with van der Waals surface area (Å²) in [4.78, 5) is 25.6. The number of aryl methyl sites for hydroxylation is 2. The monoisotopic (exact) mass is 342 g/mol. The second-order valence-electron chi connectivity index (χ2n) is 4.82. The van der Waals surface area contributed by atoms with Gasteiger partial charge in [-0.05, 0) is 36.2 Å². The van der Waals surface area contributed by atoms with Gasteiger partial charge in [0.05, 0.1) is 35.0 Å². The third-order valence-electron chi connectivity index (χ3n) is 3.53. The van der Waals surface area contributed by atoms with Crippen LogP contribution in [0, 0.1) is 6.92 Å². The highest BCUT2D eigenvalue weighted by Crippen LogP contribution is 2.23. The van der Waals surface area contributed by atoms with Crippen molar-refractivity contribution in [2.24, 2.45) is 0 Å². The Kier molecular flexibility index (Phi) is 4.59. The van der Waals surface area contributed by atoms with Gasteiger partial charge in [0.15, 0.2) is 0 Å². The fourth-order valence-corrected chi connectivity index (χ4v) is 2.77. The van der Waals surface area contributed by atoms with Crippen LogP contribution in [0.4, 0.5) is 0 Å². The number of halogens is 1. The van der Waals surface area contributed by atoms with Crippen molar-refractivity contribution < 1.29 is 9.59 Å². The fourth-order valence-electron chi connectivity index (χ4n) is 2.36. The molecule has 0 radical (unpaired) electrons. The first-order chi connectivity index (χ1) is 9.49. The van der Waals surface area contributed by atoms with E-state index < -0.39 is 0 Å². The van der Waals surface area contributed by atoms with Crippen molar-refractivity contribution in [2.45, 2.75) is 46.3 Å². The van der Waals surface area contributed by atoms with Crippen LogP contribution >= 0.6 is 15.9 Å². The molecule has 1 aliphatic heterocycles. The third kappa shape index (κ3) is 2.64. The van der Waals surface area contributed by atoms with Crippen molar-refractivity contribution in [1.82, 2.24) is 20.0 Å². The van der Waals surface area contributed by atoms with E-state index in [9.17, 15) is 9.59 Å². The first-order valence-electron chi connectivity index (χ1n) is 6.78. The van der Waals surface area contributed by atoms with Crippen LogP contribution in [0.15, 0.2) is 4.47 Å². The van der Waals surface area contributed by atoms with Gasteiger partial charge in [0.2, 0.25) is 11.8 Å². The maximum atomic E-state index is 12.3. The van der Waals surface area contributed by atoms with Crippen LogP contribution in [0.5, 0.6) is 0 Å². The highest BCUT2D eigenvalue weighted by atomic mass is 79.9. The van der Waals surface area contributed by atoms with Gasteiger partial charge in [-0.25, -0.2) is 0 Å². The quantitative estimate of drug-likeness (QED) is 0.835. The first kappa shape index (κ1) is 15.2. The standard InChI is InChI=1S/C13H19BrN4O2/c1-4-9-13(20)17(11(19)6-15-9)7-10-12(14)8(3)16-18(10)5-2/h9,15H,4-7H2,1-3H3. The molecule has 2 heterocycles. The number of piperazine rings is 1. The van der Waals surface area contributed by atoms with E-state index in [0.29, 0.717) is 13.0 Å². The van der Waals surface area contributed by atoms with Crippen LogP contribution in [0.1, 0.15) is 31.7 Å². The zero-order chi connectivity index (χ0) is 14.9. The van der Waals surface area contributed by atoms with E-state index in [4.69, 9.17) is 0 Å². The largest absolute Gasteiger partial charge is 0.297 e. The average molecular weight is 343 g/mol. The van der Waals surface area contributed by atoms with Gasteiger partial charge in [-0.1, -0.05) is 6.92 Å². The zero-order valence-corrected chi connectivity index (χ0v) is 13.5. The smallest absolute Gasteiger partial charge is 0.246 e. The summed E-state index contributed by atoms with van der Waals surface area (Å²) in [7, 11) is 0. The van der Waals surface area contributed by atoms with Crippen molar-refractivity contribution in [1.29, 1.82) is 0 Å². The molecule has 1 fully saturated rings. The molecule has 1 N–H and O–H groups in total. The van der Waals surface area contributed by atoms with E-state index in [-0.39, 0.29) is 30.9 Å². The summed E-state index contributed by atoms with van der Waals surface area (Å²) in [6.07, 6.45) is 0.676. The molecular weight excluding hydrogens is 324 g/mol. The summed E-state index contributed by atoms with van der Waals surface area (Å²) in [6, 6.07) is -0.273. The molecule has 6 nitrogen and oxygen atoms in total.